The summed E-state index contributed by atoms with van der Waals surface area (Å²) in [6.07, 6.45) is 7.62. The number of nitrogens with one attached hydrogen (secondary N) is 2. The van der Waals surface area contributed by atoms with Gasteiger partial charge in [0.15, 0.2) is 5.96 Å². The summed E-state index contributed by atoms with van der Waals surface area (Å²) < 4.78 is 11.4. The van der Waals surface area contributed by atoms with E-state index in [4.69, 9.17) is 14.1 Å². The monoisotopic (exact) mass is 397 g/mol. The molecule has 1 aromatic heterocycles. The van der Waals surface area contributed by atoms with Crippen molar-refractivity contribution in [3.8, 4) is 0 Å². The molecule has 0 bridgehead atoms. The molecule has 1 atom stereocenters. The Hall–Kier alpha value is -2.27. The van der Waals surface area contributed by atoms with Gasteiger partial charge in [0.05, 0.1) is 24.5 Å². The van der Waals surface area contributed by atoms with Crippen LogP contribution in [-0.4, -0.2) is 30.8 Å². The number of nitrogens with zero attached hydrogens (tertiary/aromatic N) is 1. The largest absolute Gasteiger partial charge is 0.469 e. The van der Waals surface area contributed by atoms with Crippen LogP contribution in [0.3, 0.4) is 0 Å². The van der Waals surface area contributed by atoms with E-state index in [0.29, 0.717) is 24.8 Å². The predicted molar refractivity (Wildman–Crippen MR) is 118 cm³/mol. The highest BCUT2D eigenvalue weighted by atomic mass is 16.5. The van der Waals surface area contributed by atoms with E-state index in [1.807, 2.05) is 18.2 Å². The minimum absolute atomic E-state index is 0.187. The van der Waals surface area contributed by atoms with Crippen molar-refractivity contribution in [3.05, 3.63) is 60.1 Å². The molecule has 1 saturated carbocycles. The molecular weight excluding hydrogens is 362 g/mol. The van der Waals surface area contributed by atoms with Gasteiger partial charge < -0.3 is 19.8 Å². The van der Waals surface area contributed by atoms with Crippen molar-refractivity contribution < 1.29 is 9.15 Å². The lowest BCUT2D eigenvalue weighted by Crippen LogP contribution is -2.46. The standard InChI is InChI=1S/C24H35N3O2/c1-18(2)29-23-13-11-21(12-14-23)27-24(25-16-15-22-10-7-17-28-22)26-19(3)20-8-5-4-6-9-20/h4-10,17-19,21,23H,11-16H2,1-3H3,(H2,25,26,27). The average Bonchev–Trinajstić information content (AvgIpc) is 3.23. The minimum atomic E-state index is 0.187. The molecule has 29 heavy (non-hydrogen) atoms. The Morgan fingerprint density at radius 1 is 1.07 bits per heavy atom. The van der Waals surface area contributed by atoms with E-state index in [1.165, 1.54) is 5.56 Å². The Labute approximate surface area is 174 Å². The topological polar surface area (TPSA) is 58.8 Å². The second-order valence-corrected chi connectivity index (χ2v) is 8.14. The third kappa shape index (κ3) is 7.24. The molecule has 0 amide bonds. The van der Waals surface area contributed by atoms with Crippen molar-refractivity contribution in [2.24, 2.45) is 4.99 Å². The van der Waals surface area contributed by atoms with Crippen LogP contribution >= 0.6 is 0 Å². The molecule has 1 heterocycles. The van der Waals surface area contributed by atoms with Crippen LogP contribution in [0.4, 0.5) is 0 Å². The van der Waals surface area contributed by atoms with Crippen LogP contribution in [0.5, 0.6) is 0 Å². The fourth-order valence-electron chi connectivity index (χ4n) is 3.82. The molecule has 2 aromatic rings. The van der Waals surface area contributed by atoms with Gasteiger partial charge in [-0.25, -0.2) is 0 Å². The summed E-state index contributed by atoms with van der Waals surface area (Å²) in [7, 11) is 0. The number of benzene rings is 1. The molecule has 0 radical (unpaired) electrons. The van der Waals surface area contributed by atoms with E-state index in [0.717, 1.165) is 43.8 Å². The van der Waals surface area contributed by atoms with Gasteiger partial charge in [0, 0.05) is 19.0 Å². The van der Waals surface area contributed by atoms with E-state index >= 15 is 0 Å². The zero-order valence-corrected chi connectivity index (χ0v) is 17.9. The summed E-state index contributed by atoms with van der Waals surface area (Å²) in [6, 6.07) is 15.0. The lowest BCUT2D eigenvalue weighted by atomic mass is 9.93. The van der Waals surface area contributed by atoms with Crippen molar-refractivity contribution in [1.82, 2.24) is 10.6 Å². The normalized spacial score (nSPS) is 21.2. The molecular formula is C24H35N3O2. The molecule has 5 heteroatoms. The first-order chi connectivity index (χ1) is 14.1. The molecule has 1 unspecified atom stereocenters. The Morgan fingerprint density at radius 3 is 2.48 bits per heavy atom. The molecule has 0 saturated heterocycles. The maximum Gasteiger partial charge on any atom is 0.191 e. The van der Waals surface area contributed by atoms with Crippen LogP contribution in [0, 0.1) is 0 Å². The molecule has 0 spiro atoms. The van der Waals surface area contributed by atoms with Gasteiger partial charge in [0.2, 0.25) is 0 Å². The lowest BCUT2D eigenvalue weighted by Gasteiger charge is -2.31. The minimum Gasteiger partial charge on any atom is -0.469 e. The molecule has 1 aliphatic rings. The lowest BCUT2D eigenvalue weighted by molar-refractivity contribution is -0.0152. The van der Waals surface area contributed by atoms with Crippen molar-refractivity contribution >= 4 is 5.96 Å². The van der Waals surface area contributed by atoms with Crippen molar-refractivity contribution in [2.75, 3.05) is 6.54 Å². The van der Waals surface area contributed by atoms with Gasteiger partial charge in [0.1, 0.15) is 5.76 Å². The van der Waals surface area contributed by atoms with Crippen LogP contribution in [0.15, 0.2) is 58.1 Å². The predicted octanol–water partition coefficient (Wildman–Crippen LogP) is 4.85. The maximum atomic E-state index is 5.99. The van der Waals surface area contributed by atoms with Gasteiger partial charge in [-0.15, -0.1) is 0 Å². The first kappa shape index (κ1) is 21.4. The summed E-state index contributed by atoms with van der Waals surface area (Å²) in [5.41, 5.74) is 1.25. The van der Waals surface area contributed by atoms with Gasteiger partial charge in [-0.2, -0.15) is 0 Å². The summed E-state index contributed by atoms with van der Waals surface area (Å²) in [4.78, 5) is 4.83. The van der Waals surface area contributed by atoms with Crippen LogP contribution in [0.25, 0.3) is 0 Å². The molecule has 3 rings (SSSR count). The number of hydrogen-bond donors (Lipinski definition) is 2. The number of ether oxygens (including phenoxy) is 1. The van der Waals surface area contributed by atoms with Crippen LogP contribution in [-0.2, 0) is 11.2 Å². The van der Waals surface area contributed by atoms with Crippen molar-refractivity contribution in [2.45, 2.75) is 77.2 Å². The van der Waals surface area contributed by atoms with Gasteiger partial charge in [-0.3, -0.25) is 4.99 Å². The highest BCUT2D eigenvalue weighted by molar-refractivity contribution is 5.80. The second-order valence-electron chi connectivity index (χ2n) is 8.14. The number of aliphatic imine (C=N–C) groups is 1. The highest BCUT2D eigenvalue weighted by Gasteiger charge is 2.23. The summed E-state index contributed by atoms with van der Waals surface area (Å²) >= 11 is 0. The van der Waals surface area contributed by atoms with Crippen LogP contribution in [0.2, 0.25) is 0 Å². The van der Waals surface area contributed by atoms with E-state index < -0.39 is 0 Å². The second kappa shape index (κ2) is 11.1. The van der Waals surface area contributed by atoms with Gasteiger partial charge in [-0.1, -0.05) is 30.3 Å². The van der Waals surface area contributed by atoms with Crippen LogP contribution < -0.4 is 10.6 Å². The van der Waals surface area contributed by atoms with Gasteiger partial charge in [0.25, 0.3) is 0 Å². The highest BCUT2D eigenvalue weighted by Crippen LogP contribution is 2.22. The zero-order chi connectivity index (χ0) is 20.5. The number of furan rings is 1. The zero-order valence-electron chi connectivity index (χ0n) is 17.9. The Bertz CT molecular complexity index is 720. The third-order valence-corrected chi connectivity index (χ3v) is 5.34. The smallest absolute Gasteiger partial charge is 0.191 e. The number of hydrogen-bond acceptors (Lipinski definition) is 3. The molecule has 0 aliphatic heterocycles. The fourth-order valence-corrected chi connectivity index (χ4v) is 3.82. The van der Waals surface area contributed by atoms with Crippen molar-refractivity contribution in [3.63, 3.8) is 0 Å². The van der Waals surface area contributed by atoms with Gasteiger partial charge in [-0.05, 0) is 64.2 Å². The fraction of sp³-hybridized carbons (Fsp3) is 0.542. The van der Waals surface area contributed by atoms with E-state index in [9.17, 15) is 0 Å². The number of rotatable bonds is 8. The third-order valence-electron chi connectivity index (χ3n) is 5.34. The van der Waals surface area contributed by atoms with Crippen LogP contribution in [0.1, 0.15) is 63.8 Å². The Balaban J connectivity index is 1.58. The van der Waals surface area contributed by atoms with Gasteiger partial charge >= 0.3 is 0 Å². The van der Waals surface area contributed by atoms with E-state index in [-0.39, 0.29) is 6.04 Å². The van der Waals surface area contributed by atoms with Crippen molar-refractivity contribution in [1.29, 1.82) is 0 Å². The molecule has 1 aliphatic carbocycles. The Kier molecular flexibility index (Phi) is 8.17. The SMILES string of the molecule is CC(C)OC1CCC(NC(=NCCc2ccco2)NC(C)c2ccccc2)CC1. The van der Waals surface area contributed by atoms with E-state index in [1.54, 1.807) is 6.26 Å². The average molecular weight is 398 g/mol. The molecule has 1 fully saturated rings. The maximum absolute atomic E-state index is 5.99. The molecule has 1 aromatic carbocycles. The first-order valence-corrected chi connectivity index (χ1v) is 10.9. The Morgan fingerprint density at radius 2 is 1.83 bits per heavy atom. The molecule has 5 nitrogen and oxygen atoms in total. The molecule has 2 N–H and O–H groups in total. The quantitative estimate of drug-likeness (QED) is 0.494. The first-order valence-electron chi connectivity index (χ1n) is 10.9. The summed E-state index contributed by atoms with van der Waals surface area (Å²) in [6.45, 7) is 7.09. The summed E-state index contributed by atoms with van der Waals surface area (Å²) in [5, 5.41) is 7.24. The van der Waals surface area contributed by atoms with E-state index in [2.05, 4.69) is 55.7 Å². The number of guanidine groups is 1. The summed E-state index contributed by atoms with van der Waals surface area (Å²) in [5.74, 6) is 1.84. The molecule has 158 valence electrons.